The van der Waals surface area contributed by atoms with Gasteiger partial charge in [-0.3, -0.25) is 4.90 Å². The van der Waals surface area contributed by atoms with Gasteiger partial charge < -0.3 is 9.73 Å². The number of nitrogens with zero attached hydrogens (tertiary/aromatic N) is 1. The van der Waals surface area contributed by atoms with Gasteiger partial charge in [0.1, 0.15) is 5.58 Å². The predicted octanol–water partition coefficient (Wildman–Crippen LogP) is 3.77. The lowest BCUT2D eigenvalue weighted by Gasteiger charge is -2.17. The average molecular weight is 362 g/mol. The molecule has 4 heteroatoms. The van der Waals surface area contributed by atoms with Crippen molar-refractivity contribution in [1.29, 1.82) is 0 Å². The molecule has 1 aliphatic rings. The quantitative estimate of drug-likeness (QED) is 0.702. The molecule has 0 spiro atoms. The Hall–Kier alpha value is -2.43. The molecule has 140 valence electrons. The summed E-state index contributed by atoms with van der Waals surface area (Å²) in [6.45, 7) is 7.87. The molecular formula is C23H26N2O2. The van der Waals surface area contributed by atoms with Crippen LogP contribution >= 0.6 is 0 Å². The van der Waals surface area contributed by atoms with Crippen LogP contribution in [0.3, 0.4) is 0 Å². The highest BCUT2D eigenvalue weighted by atomic mass is 16.4. The van der Waals surface area contributed by atoms with E-state index in [4.69, 9.17) is 4.42 Å². The normalized spacial score (nSPS) is 17.6. The van der Waals surface area contributed by atoms with Crippen molar-refractivity contribution in [2.24, 2.45) is 0 Å². The monoisotopic (exact) mass is 362 g/mol. The molecular weight excluding hydrogens is 336 g/mol. The van der Waals surface area contributed by atoms with Gasteiger partial charge in [0.05, 0.1) is 0 Å². The molecule has 0 saturated carbocycles. The Labute approximate surface area is 159 Å². The highest BCUT2D eigenvalue weighted by Gasteiger charge is 2.22. The van der Waals surface area contributed by atoms with E-state index in [1.165, 1.54) is 5.56 Å². The van der Waals surface area contributed by atoms with Crippen LogP contribution in [0.25, 0.3) is 11.0 Å². The van der Waals surface area contributed by atoms with Gasteiger partial charge in [-0.05, 0) is 42.5 Å². The second-order valence-corrected chi connectivity index (χ2v) is 7.56. The van der Waals surface area contributed by atoms with E-state index in [1.54, 1.807) is 6.07 Å². The second-order valence-electron chi connectivity index (χ2n) is 7.56. The highest BCUT2D eigenvalue weighted by Crippen LogP contribution is 2.23. The van der Waals surface area contributed by atoms with Crippen LogP contribution in [0, 0.1) is 13.8 Å². The van der Waals surface area contributed by atoms with Crippen molar-refractivity contribution in [2.45, 2.75) is 39.4 Å². The summed E-state index contributed by atoms with van der Waals surface area (Å²) in [7, 11) is 0. The predicted molar refractivity (Wildman–Crippen MR) is 109 cm³/mol. The Bertz CT molecular complexity index is 994. The Morgan fingerprint density at radius 3 is 2.78 bits per heavy atom. The molecule has 0 aliphatic carbocycles. The van der Waals surface area contributed by atoms with E-state index in [-0.39, 0.29) is 5.63 Å². The Balaban J connectivity index is 1.44. The molecule has 1 aliphatic heterocycles. The highest BCUT2D eigenvalue weighted by molar-refractivity contribution is 5.83. The van der Waals surface area contributed by atoms with Crippen molar-refractivity contribution >= 4 is 11.0 Å². The molecule has 1 atom stereocenters. The molecule has 1 N–H and O–H groups in total. The summed E-state index contributed by atoms with van der Waals surface area (Å²) in [6, 6.07) is 16.8. The van der Waals surface area contributed by atoms with Crippen LogP contribution < -0.4 is 10.9 Å². The maximum absolute atomic E-state index is 12.0. The standard InChI is InChI=1S/C23H26N2O2/c1-16-8-9-21-19(12-22(26)27-23(21)17(16)2)13-24-20-10-11-25(15-20)14-18-6-4-3-5-7-18/h3-9,12,20,24H,10-11,13-15H2,1-2H3/t20-/m0/s1. The molecule has 4 nitrogen and oxygen atoms in total. The number of benzene rings is 2. The van der Waals surface area contributed by atoms with Gasteiger partial charge in [-0.2, -0.15) is 0 Å². The minimum Gasteiger partial charge on any atom is -0.422 e. The first-order valence-electron chi connectivity index (χ1n) is 9.63. The summed E-state index contributed by atoms with van der Waals surface area (Å²) in [5, 5.41) is 4.68. The molecule has 2 aromatic carbocycles. The van der Waals surface area contributed by atoms with Gasteiger partial charge in [-0.15, -0.1) is 0 Å². The maximum Gasteiger partial charge on any atom is 0.336 e. The molecule has 2 heterocycles. The zero-order valence-electron chi connectivity index (χ0n) is 16.0. The van der Waals surface area contributed by atoms with Crippen molar-refractivity contribution < 1.29 is 4.42 Å². The minimum atomic E-state index is -0.273. The molecule has 1 fully saturated rings. The molecule has 0 unspecified atom stereocenters. The SMILES string of the molecule is Cc1ccc2c(CN[C@H]3CCN(Cc4ccccc4)C3)cc(=O)oc2c1C. The first-order chi connectivity index (χ1) is 13.1. The van der Waals surface area contributed by atoms with Crippen LogP contribution in [0.15, 0.2) is 57.7 Å². The van der Waals surface area contributed by atoms with Crippen molar-refractivity contribution in [2.75, 3.05) is 13.1 Å². The number of likely N-dealkylation sites (tertiary alicyclic amines) is 1. The molecule has 1 saturated heterocycles. The van der Waals surface area contributed by atoms with Gasteiger partial charge in [0.25, 0.3) is 0 Å². The van der Waals surface area contributed by atoms with Gasteiger partial charge in [0, 0.05) is 43.7 Å². The number of hydrogen-bond donors (Lipinski definition) is 1. The smallest absolute Gasteiger partial charge is 0.336 e. The Morgan fingerprint density at radius 1 is 1.15 bits per heavy atom. The van der Waals surface area contributed by atoms with Gasteiger partial charge in [-0.25, -0.2) is 4.79 Å². The number of hydrogen-bond acceptors (Lipinski definition) is 4. The molecule has 0 radical (unpaired) electrons. The van der Waals surface area contributed by atoms with Crippen LogP contribution in [0.5, 0.6) is 0 Å². The van der Waals surface area contributed by atoms with Crippen LogP contribution in [0.4, 0.5) is 0 Å². The third-order valence-corrected chi connectivity index (χ3v) is 5.62. The fourth-order valence-corrected chi connectivity index (χ4v) is 3.91. The van der Waals surface area contributed by atoms with Crippen molar-refractivity contribution in [1.82, 2.24) is 10.2 Å². The van der Waals surface area contributed by atoms with E-state index in [9.17, 15) is 4.79 Å². The van der Waals surface area contributed by atoms with E-state index in [1.807, 2.05) is 13.8 Å². The third kappa shape index (κ3) is 3.97. The van der Waals surface area contributed by atoms with E-state index in [2.05, 4.69) is 52.7 Å². The first kappa shape index (κ1) is 18.0. The second kappa shape index (κ2) is 7.67. The average Bonchev–Trinajstić information content (AvgIpc) is 3.11. The summed E-state index contributed by atoms with van der Waals surface area (Å²) >= 11 is 0. The largest absolute Gasteiger partial charge is 0.422 e. The summed E-state index contributed by atoms with van der Waals surface area (Å²) in [4.78, 5) is 14.5. The maximum atomic E-state index is 12.0. The zero-order valence-corrected chi connectivity index (χ0v) is 16.0. The molecule has 3 aromatic rings. The summed E-state index contributed by atoms with van der Waals surface area (Å²) in [5.74, 6) is 0. The topological polar surface area (TPSA) is 45.5 Å². The van der Waals surface area contributed by atoms with Crippen molar-refractivity contribution in [3.63, 3.8) is 0 Å². The van der Waals surface area contributed by atoms with E-state index in [0.29, 0.717) is 12.6 Å². The summed E-state index contributed by atoms with van der Waals surface area (Å²) in [6.07, 6.45) is 1.13. The minimum absolute atomic E-state index is 0.273. The lowest BCUT2D eigenvalue weighted by Crippen LogP contribution is -2.32. The van der Waals surface area contributed by atoms with Crippen LogP contribution in [-0.2, 0) is 13.1 Å². The van der Waals surface area contributed by atoms with Crippen molar-refractivity contribution in [3.8, 4) is 0 Å². The van der Waals surface area contributed by atoms with Gasteiger partial charge in [0.15, 0.2) is 0 Å². The van der Waals surface area contributed by atoms with Crippen LogP contribution in [-0.4, -0.2) is 24.0 Å². The van der Waals surface area contributed by atoms with E-state index in [0.717, 1.165) is 53.7 Å². The molecule has 0 amide bonds. The summed E-state index contributed by atoms with van der Waals surface area (Å²) < 4.78 is 5.48. The van der Waals surface area contributed by atoms with Crippen LogP contribution in [0.1, 0.15) is 28.7 Å². The van der Waals surface area contributed by atoms with Crippen LogP contribution in [0.2, 0.25) is 0 Å². The Morgan fingerprint density at radius 2 is 1.96 bits per heavy atom. The van der Waals surface area contributed by atoms with Gasteiger partial charge >= 0.3 is 5.63 Å². The number of fused-ring (bicyclic) bond motifs is 1. The fraction of sp³-hybridized carbons (Fsp3) is 0.348. The number of rotatable bonds is 5. The molecule has 0 bridgehead atoms. The van der Waals surface area contributed by atoms with Gasteiger partial charge in [-0.1, -0.05) is 42.5 Å². The molecule has 4 rings (SSSR count). The number of nitrogens with one attached hydrogen (secondary N) is 1. The fourth-order valence-electron chi connectivity index (χ4n) is 3.91. The Kier molecular flexibility index (Phi) is 5.10. The van der Waals surface area contributed by atoms with E-state index < -0.39 is 0 Å². The number of aryl methyl sites for hydroxylation is 2. The lowest BCUT2D eigenvalue weighted by atomic mass is 10.0. The third-order valence-electron chi connectivity index (χ3n) is 5.62. The van der Waals surface area contributed by atoms with E-state index >= 15 is 0 Å². The van der Waals surface area contributed by atoms with Crippen molar-refractivity contribution in [3.05, 3.63) is 81.2 Å². The summed E-state index contributed by atoms with van der Waals surface area (Å²) in [5.41, 5.74) is 5.01. The first-order valence-corrected chi connectivity index (χ1v) is 9.63. The van der Waals surface area contributed by atoms with Gasteiger partial charge in [0.2, 0.25) is 0 Å². The molecule has 1 aromatic heterocycles. The molecule has 27 heavy (non-hydrogen) atoms. The zero-order chi connectivity index (χ0) is 18.8. The lowest BCUT2D eigenvalue weighted by molar-refractivity contribution is 0.320.